The van der Waals surface area contributed by atoms with Crippen LogP contribution in [-0.2, 0) is 11.2 Å². The quantitative estimate of drug-likeness (QED) is 0.390. The number of carboxylic acid groups (broad SMARTS) is 1. The standard InChI is InChI=1S/C27H32N2O3S/c1-32-21-10-11-24-23(18-21)19(12-15-28-24)6-5-7-20-13-16-29-25(26(20)27(30)31)14-17-33-22-8-3-2-4-9-22/h2-4,8-12,15,18,20,25-26,29H,5-7,13-14,16-17H2,1H3,(H,30,31)/t20-,25?,26-/m1/s1. The normalized spacial score (nSPS) is 20.6. The molecule has 0 spiro atoms. The highest BCUT2D eigenvalue weighted by Crippen LogP contribution is 2.32. The molecule has 1 fully saturated rings. The fourth-order valence-corrected chi connectivity index (χ4v) is 5.93. The molecule has 33 heavy (non-hydrogen) atoms. The Kier molecular flexibility index (Phi) is 8.24. The van der Waals surface area contributed by atoms with E-state index in [0.717, 1.165) is 61.1 Å². The van der Waals surface area contributed by atoms with Gasteiger partial charge in [-0.1, -0.05) is 18.2 Å². The molecule has 1 saturated heterocycles. The molecule has 2 heterocycles. The lowest BCUT2D eigenvalue weighted by atomic mass is 9.77. The zero-order valence-corrected chi connectivity index (χ0v) is 19.9. The van der Waals surface area contributed by atoms with Gasteiger partial charge in [-0.3, -0.25) is 9.78 Å². The number of aliphatic carboxylic acids is 1. The molecule has 5 nitrogen and oxygen atoms in total. The molecule has 1 aliphatic rings. The van der Waals surface area contributed by atoms with E-state index in [-0.39, 0.29) is 17.9 Å². The summed E-state index contributed by atoms with van der Waals surface area (Å²) in [5, 5.41) is 14.7. The molecule has 1 aliphatic heterocycles. The van der Waals surface area contributed by atoms with E-state index in [1.54, 1.807) is 18.9 Å². The smallest absolute Gasteiger partial charge is 0.308 e. The molecule has 2 aromatic carbocycles. The van der Waals surface area contributed by atoms with Crippen molar-refractivity contribution in [2.75, 3.05) is 19.4 Å². The number of pyridine rings is 1. The molecule has 174 valence electrons. The minimum atomic E-state index is -0.666. The first kappa shape index (κ1) is 23.6. The number of piperidine rings is 1. The van der Waals surface area contributed by atoms with E-state index in [1.165, 1.54) is 10.5 Å². The molecule has 0 radical (unpaired) electrons. The van der Waals surface area contributed by atoms with Gasteiger partial charge in [-0.2, -0.15) is 0 Å². The van der Waals surface area contributed by atoms with Crippen LogP contribution >= 0.6 is 11.8 Å². The number of fused-ring (bicyclic) bond motifs is 1. The molecule has 2 N–H and O–H groups in total. The summed E-state index contributed by atoms with van der Waals surface area (Å²) in [6.07, 6.45) is 6.45. The third-order valence-electron chi connectivity index (χ3n) is 6.65. The number of rotatable bonds is 10. The van der Waals surface area contributed by atoms with Crippen molar-refractivity contribution in [3.8, 4) is 5.75 Å². The number of thioether (sulfide) groups is 1. The molecule has 1 unspecified atom stereocenters. The average molecular weight is 465 g/mol. The molecule has 1 aromatic heterocycles. The third kappa shape index (κ3) is 6.06. The van der Waals surface area contributed by atoms with Crippen LogP contribution in [0.3, 0.4) is 0 Å². The molecule has 4 rings (SSSR count). The highest BCUT2D eigenvalue weighted by Gasteiger charge is 2.37. The lowest BCUT2D eigenvalue weighted by molar-refractivity contribution is -0.146. The van der Waals surface area contributed by atoms with Crippen molar-refractivity contribution in [1.82, 2.24) is 10.3 Å². The number of carbonyl (C=O) groups is 1. The summed E-state index contributed by atoms with van der Waals surface area (Å²) in [6, 6.07) is 18.4. The monoisotopic (exact) mass is 464 g/mol. The molecular formula is C27H32N2O3S. The molecule has 0 bridgehead atoms. The summed E-state index contributed by atoms with van der Waals surface area (Å²) in [6.45, 7) is 0.893. The van der Waals surface area contributed by atoms with Crippen LogP contribution in [0.4, 0.5) is 0 Å². The second-order valence-corrected chi connectivity index (χ2v) is 9.84. The van der Waals surface area contributed by atoms with Crippen LogP contribution < -0.4 is 10.1 Å². The van der Waals surface area contributed by atoms with E-state index in [1.807, 2.05) is 42.6 Å². The van der Waals surface area contributed by atoms with E-state index in [4.69, 9.17) is 4.74 Å². The number of hydrogen-bond donors (Lipinski definition) is 2. The van der Waals surface area contributed by atoms with Gasteiger partial charge in [-0.15, -0.1) is 11.8 Å². The first-order chi connectivity index (χ1) is 16.2. The van der Waals surface area contributed by atoms with Crippen molar-refractivity contribution in [3.63, 3.8) is 0 Å². The van der Waals surface area contributed by atoms with Crippen LogP contribution in [0.15, 0.2) is 65.7 Å². The number of nitrogens with one attached hydrogen (secondary N) is 1. The minimum Gasteiger partial charge on any atom is -0.497 e. The summed E-state index contributed by atoms with van der Waals surface area (Å²) >= 11 is 1.80. The Balaban J connectivity index is 1.36. The number of aryl methyl sites for hydroxylation is 1. The molecule has 0 amide bonds. The SMILES string of the molecule is COc1ccc2nccc(CCC[C@@H]3CCNC(CCSc4ccccc4)[C@@H]3C(=O)O)c2c1. The van der Waals surface area contributed by atoms with Crippen molar-refractivity contribution in [2.45, 2.75) is 43.0 Å². The predicted octanol–water partition coefficient (Wildman–Crippen LogP) is 5.43. The van der Waals surface area contributed by atoms with Crippen molar-refractivity contribution in [2.24, 2.45) is 11.8 Å². The molecule has 3 aromatic rings. The summed E-state index contributed by atoms with van der Waals surface area (Å²) in [5.74, 6) is 0.962. The van der Waals surface area contributed by atoms with Gasteiger partial charge < -0.3 is 15.2 Å². The van der Waals surface area contributed by atoms with Gasteiger partial charge in [-0.25, -0.2) is 0 Å². The van der Waals surface area contributed by atoms with E-state index < -0.39 is 5.97 Å². The zero-order valence-electron chi connectivity index (χ0n) is 19.1. The van der Waals surface area contributed by atoms with E-state index in [9.17, 15) is 9.90 Å². The summed E-state index contributed by atoms with van der Waals surface area (Å²) in [7, 11) is 1.68. The lowest BCUT2D eigenvalue weighted by Crippen LogP contribution is -2.49. The van der Waals surface area contributed by atoms with Crippen LogP contribution in [0.2, 0.25) is 0 Å². The zero-order chi connectivity index (χ0) is 23.0. The highest BCUT2D eigenvalue weighted by atomic mass is 32.2. The number of aromatic nitrogens is 1. The maximum Gasteiger partial charge on any atom is 0.308 e. The van der Waals surface area contributed by atoms with Crippen LogP contribution in [0.25, 0.3) is 10.9 Å². The summed E-state index contributed by atoms with van der Waals surface area (Å²) < 4.78 is 5.39. The van der Waals surface area contributed by atoms with Gasteiger partial charge in [0.05, 0.1) is 18.5 Å². The molecule has 0 saturated carbocycles. The van der Waals surface area contributed by atoms with Gasteiger partial charge in [0.1, 0.15) is 5.75 Å². The first-order valence-corrected chi connectivity index (χ1v) is 12.7. The predicted molar refractivity (Wildman–Crippen MR) is 134 cm³/mol. The number of benzene rings is 2. The van der Waals surface area contributed by atoms with Crippen LogP contribution in [0.1, 0.15) is 31.2 Å². The van der Waals surface area contributed by atoms with Gasteiger partial charge in [0.25, 0.3) is 0 Å². The van der Waals surface area contributed by atoms with E-state index in [0.29, 0.717) is 0 Å². The Hall–Kier alpha value is -2.57. The second-order valence-electron chi connectivity index (χ2n) is 8.67. The number of carboxylic acids is 1. The van der Waals surface area contributed by atoms with Gasteiger partial charge in [-0.05, 0) is 92.3 Å². The Labute approximate surface area is 200 Å². The van der Waals surface area contributed by atoms with Gasteiger partial charge in [0.2, 0.25) is 0 Å². The van der Waals surface area contributed by atoms with Gasteiger partial charge in [0, 0.05) is 22.5 Å². The fourth-order valence-electron chi connectivity index (χ4n) is 4.97. The van der Waals surface area contributed by atoms with Gasteiger partial charge >= 0.3 is 5.97 Å². The number of ether oxygens (including phenoxy) is 1. The Bertz CT molecular complexity index is 1060. The maximum atomic E-state index is 12.2. The van der Waals surface area contributed by atoms with Crippen LogP contribution in [0.5, 0.6) is 5.75 Å². The second kappa shape index (κ2) is 11.5. The maximum absolute atomic E-state index is 12.2. The first-order valence-electron chi connectivity index (χ1n) is 11.7. The van der Waals surface area contributed by atoms with Crippen LogP contribution in [0, 0.1) is 11.8 Å². The van der Waals surface area contributed by atoms with Crippen molar-refractivity contribution in [3.05, 3.63) is 66.4 Å². The molecule has 6 heteroatoms. The summed E-state index contributed by atoms with van der Waals surface area (Å²) in [5.41, 5.74) is 2.21. The Morgan fingerprint density at radius 3 is 2.82 bits per heavy atom. The third-order valence-corrected chi connectivity index (χ3v) is 7.69. The fraction of sp³-hybridized carbons (Fsp3) is 0.407. The van der Waals surface area contributed by atoms with E-state index in [2.05, 4.69) is 28.5 Å². The largest absolute Gasteiger partial charge is 0.497 e. The minimum absolute atomic E-state index is 0.0310. The highest BCUT2D eigenvalue weighted by molar-refractivity contribution is 7.99. The van der Waals surface area contributed by atoms with Crippen molar-refractivity contribution >= 4 is 28.6 Å². The van der Waals surface area contributed by atoms with Crippen molar-refractivity contribution in [1.29, 1.82) is 0 Å². The van der Waals surface area contributed by atoms with E-state index >= 15 is 0 Å². The Morgan fingerprint density at radius 1 is 1.18 bits per heavy atom. The number of hydrogen-bond acceptors (Lipinski definition) is 5. The summed E-state index contributed by atoms with van der Waals surface area (Å²) in [4.78, 5) is 17.9. The van der Waals surface area contributed by atoms with Crippen LogP contribution in [-0.4, -0.2) is 41.5 Å². The average Bonchev–Trinajstić information content (AvgIpc) is 2.84. The Morgan fingerprint density at radius 2 is 2.03 bits per heavy atom. The number of methoxy groups -OCH3 is 1. The van der Waals surface area contributed by atoms with Gasteiger partial charge in [0.15, 0.2) is 0 Å². The lowest BCUT2D eigenvalue weighted by Gasteiger charge is -2.36. The van der Waals surface area contributed by atoms with Crippen molar-refractivity contribution < 1.29 is 14.6 Å². The topological polar surface area (TPSA) is 71.5 Å². The molecule has 3 atom stereocenters. The number of nitrogens with zero attached hydrogens (tertiary/aromatic N) is 1. The molecule has 0 aliphatic carbocycles. The molecular weight excluding hydrogens is 432 g/mol.